The van der Waals surface area contributed by atoms with Gasteiger partial charge in [0, 0.05) is 12.7 Å². The van der Waals surface area contributed by atoms with Gasteiger partial charge < -0.3 is 9.47 Å². The number of Topliss-reactive ketones (excluding diaryl/α,β-unsaturated/α-hetero) is 1. The molecule has 1 aliphatic heterocycles. The largest absolute Gasteiger partial charge is 0.457 e. The summed E-state index contributed by atoms with van der Waals surface area (Å²) in [6.45, 7) is 1.96. The molecule has 0 aliphatic carbocycles. The van der Waals surface area contributed by atoms with Crippen LogP contribution in [0.4, 0.5) is 0 Å². The molecule has 102 valence electrons. The van der Waals surface area contributed by atoms with Gasteiger partial charge in [0.05, 0.1) is 12.0 Å². The first-order chi connectivity index (χ1) is 9.64. The number of ketones is 1. The number of carbonyl (C=O) groups excluding carboxylic acids is 1. The Morgan fingerprint density at radius 2 is 1.90 bits per heavy atom. The van der Waals surface area contributed by atoms with Crippen molar-refractivity contribution < 1.29 is 14.3 Å². The summed E-state index contributed by atoms with van der Waals surface area (Å²) in [4.78, 5) is 12.4. The summed E-state index contributed by atoms with van der Waals surface area (Å²) < 4.78 is 11.6. The van der Waals surface area contributed by atoms with Crippen molar-refractivity contribution in [3.8, 4) is 5.75 Å². The van der Waals surface area contributed by atoms with E-state index in [0.29, 0.717) is 11.3 Å². The van der Waals surface area contributed by atoms with Crippen molar-refractivity contribution in [1.29, 1.82) is 0 Å². The van der Waals surface area contributed by atoms with Gasteiger partial charge in [0.2, 0.25) is 5.79 Å². The van der Waals surface area contributed by atoms with E-state index >= 15 is 0 Å². The standard InChI is InChI=1S/C17H16O3/c1-12-8-9-16-14(10-12)15(18)11-17(19-2,20-16)13-6-4-3-5-7-13/h3-10H,11H2,1-2H3. The number of aryl methyl sites for hydroxylation is 1. The van der Waals surface area contributed by atoms with Gasteiger partial charge in [-0.05, 0) is 19.1 Å². The minimum absolute atomic E-state index is 0.0423. The predicted octanol–water partition coefficient (Wildman–Crippen LogP) is 3.46. The van der Waals surface area contributed by atoms with Crippen LogP contribution in [0, 0.1) is 6.92 Å². The molecule has 2 aromatic rings. The molecule has 2 aromatic carbocycles. The Balaban J connectivity index is 2.09. The number of benzene rings is 2. The molecule has 3 rings (SSSR count). The number of methoxy groups -OCH3 is 1. The van der Waals surface area contributed by atoms with Crippen molar-refractivity contribution in [3.05, 3.63) is 65.2 Å². The van der Waals surface area contributed by atoms with Crippen molar-refractivity contribution >= 4 is 5.78 Å². The molecule has 1 heterocycles. The molecular weight excluding hydrogens is 252 g/mol. The third-order valence-electron chi connectivity index (χ3n) is 3.65. The third-order valence-corrected chi connectivity index (χ3v) is 3.65. The fourth-order valence-electron chi connectivity index (χ4n) is 2.56. The molecule has 0 spiro atoms. The zero-order chi connectivity index (χ0) is 14.2. The lowest BCUT2D eigenvalue weighted by molar-refractivity contribution is -0.173. The molecule has 1 aliphatic rings. The number of carbonyl (C=O) groups is 1. The van der Waals surface area contributed by atoms with Crippen LogP contribution in [-0.2, 0) is 10.5 Å². The fraction of sp³-hybridized carbons (Fsp3) is 0.235. The Morgan fingerprint density at radius 3 is 2.60 bits per heavy atom. The fourth-order valence-corrected chi connectivity index (χ4v) is 2.56. The van der Waals surface area contributed by atoms with Crippen LogP contribution in [0.2, 0.25) is 0 Å². The van der Waals surface area contributed by atoms with Crippen molar-refractivity contribution in [2.75, 3.05) is 7.11 Å². The van der Waals surface area contributed by atoms with Crippen LogP contribution >= 0.6 is 0 Å². The average molecular weight is 268 g/mol. The molecule has 0 saturated carbocycles. The smallest absolute Gasteiger partial charge is 0.244 e. The van der Waals surface area contributed by atoms with Crippen LogP contribution in [-0.4, -0.2) is 12.9 Å². The Kier molecular flexibility index (Phi) is 3.07. The van der Waals surface area contributed by atoms with E-state index in [1.165, 1.54) is 0 Å². The zero-order valence-electron chi connectivity index (χ0n) is 11.6. The van der Waals surface area contributed by atoms with Crippen LogP contribution in [0.15, 0.2) is 48.5 Å². The van der Waals surface area contributed by atoms with Crippen LogP contribution in [0.3, 0.4) is 0 Å². The first kappa shape index (κ1) is 12.9. The second-order valence-electron chi connectivity index (χ2n) is 5.02. The average Bonchev–Trinajstić information content (AvgIpc) is 2.49. The SMILES string of the molecule is COC1(c2ccccc2)CC(=O)c2cc(C)ccc2O1. The molecule has 20 heavy (non-hydrogen) atoms. The second-order valence-corrected chi connectivity index (χ2v) is 5.02. The maximum atomic E-state index is 12.4. The van der Waals surface area contributed by atoms with Crippen molar-refractivity contribution in [2.24, 2.45) is 0 Å². The van der Waals surface area contributed by atoms with E-state index in [2.05, 4.69) is 0 Å². The Labute approximate surface area is 118 Å². The quantitative estimate of drug-likeness (QED) is 0.836. The van der Waals surface area contributed by atoms with Gasteiger partial charge in [0.1, 0.15) is 5.75 Å². The maximum Gasteiger partial charge on any atom is 0.244 e. The highest BCUT2D eigenvalue weighted by molar-refractivity contribution is 6.00. The van der Waals surface area contributed by atoms with Crippen LogP contribution in [0.25, 0.3) is 0 Å². The lowest BCUT2D eigenvalue weighted by Crippen LogP contribution is -2.41. The van der Waals surface area contributed by atoms with Gasteiger partial charge >= 0.3 is 0 Å². The van der Waals surface area contributed by atoms with Crippen molar-refractivity contribution in [3.63, 3.8) is 0 Å². The molecule has 0 N–H and O–H groups in total. The Morgan fingerprint density at radius 1 is 1.15 bits per heavy atom. The van der Waals surface area contributed by atoms with Crippen molar-refractivity contribution in [2.45, 2.75) is 19.1 Å². The predicted molar refractivity (Wildman–Crippen MR) is 75.9 cm³/mol. The van der Waals surface area contributed by atoms with E-state index in [9.17, 15) is 4.79 Å². The summed E-state index contributed by atoms with van der Waals surface area (Å²) in [7, 11) is 1.57. The molecule has 3 nitrogen and oxygen atoms in total. The van der Waals surface area contributed by atoms with Gasteiger partial charge in [-0.15, -0.1) is 0 Å². The highest BCUT2D eigenvalue weighted by Crippen LogP contribution is 2.40. The zero-order valence-corrected chi connectivity index (χ0v) is 11.6. The highest BCUT2D eigenvalue weighted by atomic mass is 16.7. The molecule has 0 radical (unpaired) electrons. The van der Waals surface area contributed by atoms with E-state index in [4.69, 9.17) is 9.47 Å². The van der Waals surface area contributed by atoms with E-state index in [0.717, 1.165) is 11.1 Å². The van der Waals surface area contributed by atoms with Gasteiger partial charge in [-0.3, -0.25) is 4.79 Å². The highest BCUT2D eigenvalue weighted by Gasteiger charge is 2.42. The van der Waals surface area contributed by atoms with Gasteiger partial charge in [0.25, 0.3) is 0 Å². The molecule has 3 heteroatoms. The van der Waals surface area contributed by atoms with Crippen LogP contribution in [0.5, 0.6) is 5.75 Å². The van der Waals surface area contributed by atoms with Gasteiger partial charge in [-0.1, -0.05) is 42.0 Å². The molecule has 0 fully saturated rings. The Hall–Kier alpha value is -2.13. The summed E-state index contributed by atoms with van der Waals surface area (Å²) in [5.74, 6) is -0.404. The monoisotopic (exact) mass is 268 g/mol. The van der Waals surface area contributed by atoms with Gasteiger partial charge in [-0.25, -0.2) is 0 Å². The summed E-state index contributed by atoms with van der Waals surface area (Å²) in [6, 6.07) is 15.2. The molecule has 0 aromatic heterocycles. The topological polar surface area (TPSA) is 35.5 Å². The van der Waals surface area contributed by atoms with E-state index in [-0.39, 0.29) is 12.2 Å². The summed E-state index contributed by atoms with van der Waals surface area (Å²) in [5.41, 5.74) is 2.53. The summed E-state index contributed by atoms with van der Waals surface area (Å²) in [5, 5.41) is 0. The number of rotatable bonds is 2. The third kappa shape index (κ3) is 2.00. The number of ether oxygens (including phenoxy) is 2. The van der Waals surface area contributed by atoms with Gasteiger partial charge in [0.15, 0.2) is 5.78 Å². The van der Waals surface area contributed by atoms with Crippen LogP contribution in [0.1, 0.15) is 27.9 Å². The first-order valence-electron chi connectivity index (χ1n) is 6.58. The van der Waals surface area contributed by atoms with E-state index in [1.54, 1.807) is 7.11 Å². The number of fused-ring (bicyclic) bond motifs is 1. The molecular formula is C17H16O3. The minimum atomic E-state index is -1.03. The second kappa shape index (κ2) is 4.76. The molecule has 0 amide bonds. The maximum absolute atomic E-state index is 12.4. The Bertz CT molecular complexity index is 649. The molecule has 1 unspecified atom stereocenters. The normalized spacial score (nSPS) is 21.2. The lowest BCUT2D eigenvalue weighted by atomic mass is 9.92. The van der Waals surface area contributed by atoms with E-state index in [1.807, 2.05) is 55.5 Å². The lowest BCUT2D eigenvalue weighted by Gasteiger charge is -2.36. The molecule has 1 atom stereocenters. The van der Waals surface area contributed by atoms with E-state index < -0.39 is 5.79 Å². The molecule has 0 bridgehead atoms. The van der Waals surface area contributed by atoms with Crippen LogP contribution < -0.4 is 4.74 Å². The summed E-state index contributed by atoms with van der Waals surface area (Å²) in [6.07, 6.45) is 0.184. The number of hydrogen-bond acceptors (Lipinski definition) is 3. The minimum Gasteiger partial charge on any atom is -0.457 e. The first-order valence-corrected chi connectivity index (χ1v) is 6.58. The van der Waals surface area contributed by atoms with Crippen molar-refractivity contribution in [1.82, 2.24) is 0 Å². The van der Waals surface area contributed by atoms with Gasteiger partial charge in [-0.2, -0.15) is 0 Å². The number of hydrogen-bond donors (Lipinski definition) is 0. The summed E-state index contributed by atoms with van der Waals surface area (Å²) >= 11 is 0. The molecule has 0 saturated heterocycles.